The Morgan fingerprint density at radius 3 is 2.15 bits per heavy atom. The fourth-order valence-electron chi connectivity index (χ4n) is 7.15. The van der Waals surface area contributed by atoms with E-state index in [0.29, 0.717) is 29.2 Å². The molecular formula is C45H45FN4OPt. The topological polar surface area (TPSA) is 44.9 Å². The predicted molar refractivity (Wildman–Crippen MR) is 206 cm³/mol. The minimum atomic E-state index is -0.349. The molecule has 3 aromatic heterocycles. The van der Waals surface area contributed by atoms with Crippen molar-refractivity contribution in [2.45, 2.75) is 74.1 Å². The smallest absolute Gasteiger partial charge is 0.509 e. The maximum Gasteiger partial charge on any atom is 2.00 e. The van der Waals surface area contributed by atoms with Gasteiger partial charge >= 0.3 is 21.1 Å². The molecule has 0 amide bonds. The average molecular weight is 872 g/mol. The molecule has 0 N–H and O–H groups in total. The third-order valence-corrected chi connectivity index (χ3v) is 10.2. The molecule has 0 spiro atoms. The number of aromatic nitrogens is 4. The van der Waals surface area contributed by atoms with Gasteiger partial charge in [0.1, 0.15) is 11.6 Å². The van der Waals surface area contributed by atoms with Gasteiger partial charge in [0.2, 0.25) is 0 Å². The van der Waals surface area contributed by atoms with Crippen LogP contribution in [0.4, 0.5) is 4.39 Å². The fourth-order valence-corrected chi connectivity index (χ4v) is 7.15. The van der Waals surface area contributed by atoms with Crippen LogP contribution in [0.15, 0.2) is 85.3 Å². The van der Waals surface area contributed by atoms with Crippen LogP contribution >= 0.6 is 0 Å². The summed E-state index contributed by atoms with van der Waals surface area (Å²) in [6.45, 7) is 16.1. The average Bonchev–Trinajstić information content (AvgIpc) is 3.73. The first-order chi connectivity index (χ1) is 24.6. The zero-order chi connectivity index (χ0) is 35.8. The van der Waals surface area contributed by atoms with E-state index in [1.165, 1.54) is 51.7 Å². The van der Waals surface area contributed by atoms with Crippen molar-refractivity contribution in [1.29, 1.82) is 0 Å². The molecular weight excluding hydrogens is 827 g/mol. The summed E-state index contributed by atoms with van der Waals surface area (Å²) in [7, 11) is 0. The third-order valence-electron chi connectivity index (χ3n) is 10.2. The second-order valence-corrected chi connectivity index (χ2v) is 14.5. The molecule has 0 radical (unpaired) electrons. The summed E-state index contributed by atoms with van der Waals surface area (Å²) in [5.74, 6) is 2.44. The number of halogens is 1. The summed E-state index contributed by atoms with van der Waals surface area (Å²) in [6.07, 6.45) is 10.00. The zero-order valence-corrected chi connectivity index (χ0v) is 33.2. The van der Waals surface area contributed by atoms with Crippen LogP contribution in [0.3, 0.4) is 0 Å². The number of nitrogens with zero attached hydrogens (tertiary/aromatic N) is 4. The molecule has 0 saturated heterocycles. The van der Waals surface area contributed by atoms with Crippen molar-refractivity contribution in [3.63, 3.8) is 0 Å². The SMILES string of the molecule is Cc1c(C)c(CCC(C)C)c(-c2cnn(-c3[c-]c(Oc4[c-]c5c(cc4)c4ccccc4n5-c4cc(F)ccn4)ccc3)c2)c(CCC(C)C)c1C.[Pt+2]. The van der Waals surface area contributed by atoms with E-state index in [4.69, 9.17) is 9.84 Å². The van der Waals surface area contributed by atoms with Crippen LogP contribution in [0.5, 0.6) is 11.5 Å². The molecule has 0 aliphatic rings. The minimum absolute atomic E-state index is 0. The minimum Gasteiger partial charge on any atom is -0.509 e. The van der Waals surface area contributed by atoms with Crippen molar-refractivity contribution < 1.29 is 30.2 Å². The molecule has 0 aliphatic carbocycles. The summed E-state index contributed by atoms with van der Waals surface area (Å²) in [5.41, 5.74) is 12.0. The van der Waals surface area contributed by atoms with Crippen molar-refractivity contribution in [2.75, 3.05) is 0 Å². The molecule has 4 aromatic carbocycles. The number of fused-ring (bicyclic) bond motifs is 3. The Balaban J connectivity index is 0.00000464. The Kier molecular flexibility index (Phi) is 11.2. The van der Waals surface area contributed by atoms with Crippen molar-refractivity contribution in [1.82, 2.24) is 19.3 Å². The second-order valence-electron chi connectivity index (χ2n) is 14.5. The van der Waals surface area contributed by atoms with Gasteiger partial charge in [0, 0.05) is 41.0 Å². The normalized spacial score (nSPS) is 11.6. The molecule has 7 rings (SSSR count). The largest absolute Gasteiger partial charge is 2.00 e. The molecule has 7 heteroatoms. The maximum absolute atomic E-state index is 14.3. The molecule has 0 atom stereocenters. The summed E-state index contributed by atoms with van der Waals surface area (Å²) >= 11 is 0. The van der Waals surface area contributed by atoms with E-state index in [9.17, 15) is 4.39 Å². The molecule has 52 heavy (non-hydrogen) atoms. The van der Waals surface area contributed by atoms with Gasteiger partial charge in [0.05, 0.1) is 6.20 Å². The van der Waals surface area contributed by atoms with Gasteiger partial charge in [-0.05, 0) is 115 Å². The summed E-state index contributed by atoms with van der Waals surface area (Å²) in [4.78, 5) is 4.47. The van der Waals surface area contributed by atoms with Gasteiger partial charge in [-0.3, -0.25) is 4.68 Å². The van der Waals surface area contributed by atoms with Gasteiger partial charge in [-0.15, -0.1) is 35.7 Å². The van der Waals surface area contributed by atoms with E-state index in [1.807, 2.05) is 64.0 Å². The number of ether oxygens (including phenoxy) is 1. The van der Waals surface area contributed by atoms with Crippen LogP contribution in [0.1, 0.15) is 68.4 Å². The van der Waals surface area contributed by atoms with E-state index < -0.39 is 0 Å². The Hall–Kier alpha value is -4.54. The van der Waals surface area contributed by atoms with E-state index in [-0.39, 0.29) is 26.9 Å². The standard InChI is InChI=1S/C45H45FN4O.Pt/c1-28(2)15-18-38-31(6)30(5)32(7)39(19-16-29(3)4)45(38)33-26-48-49(27-33)35-11-10-12-36(24-35)51-37-17-20-41-40-13-8-9-14-42(40)50(43(41)25-37)44-23-34(46)21-22-47-44;/h8-14,17,20-23,26-29H,15-16,18-19H2,1-7H3;/q-2;+2. The molecule has 0 unspecified atom stereocenters. The van der Waals surface area contributed by atoms with Gasteiger partial charge in [0.25, 0.3) is 0 Å². The van der Waals surface area contributed by atoms with E-state index >= 15 is 0 Å². The first kappa shape index (κ1) is 37.2. The molecule has 0 bridgehead atoms. The van der Waals surface area contributed by atoms with Crippen molar-refractivity contribution in [3.8, 4) is 34.1 Å². The Morgan fingerprint density at radius 1 is 0.769 bits per heavy atom. The van der Waals surface area contributed by atoms with Crippen LogP contribution in [0.25, 0.3) is 44.4 Å². The first-order valence-electron chi connectivity index (χ1n) is 18.0. The van der Waals surface area contributed by atoms with Crippen LogP contribution in [-0.2, 0) is 33.9 Å². The number of pyridine rings is 1. The molecule has 7 aromatic rings. The number of hydrogen-bond acceptors (Lipinski definition) is 3. The van der Waals surface area contributed by atoms with Crippen molar-refractivity contribution in [2.24, 2.45) is 11.8 Å². The summed E-state index contributed by atoms with van der Waals surface area (Å²) in [5, 5.41) is 6.87. The molecule has 3 heterocycles. The summed E-state index contributed by atoms with van der Waals surface area (Å²) < 4.78 is 24.5. The predicted octanol–water partition coefficient (Wildman–Crippen LogP) is 11.7. The molecule has 268 valence electrons. The monoisotopic (exact) mass is 871 g/mol. The second kappa shape index (κ2) is 15.6. The van der Waals surface area contributed by atoms with Gasteiger partial charge in [-0.2, -0.15) is 17.2 Å². The zero-order valence-electron chi connectivity index (χ0n) is 31.0. The third kappa shape index (κ3) is 7.36. The van der Waals surface area contributed by atoms with Crippen LogP contribution in [-0.4, -0.2) is 19.3 Å². The van der Waals surface area contributed by atoms with Gasteiger partial charge in [0.15, 0.2) is 0 Å². The molecule has 5 nitrogen and oxygen atoms in total. The number of rotatable bonds is 11. The van der Waals surface area contributed by atoms with Crippen LogP contribution < -0.4 is 4.74 Å². The summed E-state index contributed by atoms with van der Waals surface area (Å²) in [6, 6.07) is 27.4. The maximum atomic E-state index is 14.3. The number of para-hydroxylation sites is 1. The first-order valence-corrected chi connectivity index (χ1v) is 18.0. The van der Waals surface area contributed by atoms with Gasteiger partial charge < -0.3 is 9.30 Å². The number of hydrogen-bond donors (Lipinski definition) is 0. The van der Waals surface area contributed by atoms with E-state index in [1.54, 1.807) is 0 Å². The van der Waals surface area contributed by atoms with Crippen molar-refractivity contribution >= 4 is 21.8 Å². The Morgan fingerprint density at radius 2 is 1.46 bits per heavy atom. The Labute approximate surface area is 321 Å². The number of benzene rings is 4. The van der Waals surface area contributed by atoms with Gasteiger partial charge in [-0.25, -0.2) is 9.37 Å². The van der Waals surface area contributed by atoms with E-state index in [2.05, 4.69) is 77.8 Å². The fraction of sp³-hybridized carbons (Fsp3) is 0.289. The van der Waals surface area contributed by atoms with Crippen LogP contribution in [0, 0.1) is 50.6 Å². The Bertz CT molecular complexity index is 2330. The van der Waals surface area contributed by atoms with Crippen LogP contribution in [0.2, 0.25) is 0 Å². The molecule has 0 aliphatic heterocycles. The molecule has 0 saturated carbocycles. The quantitative estimate of drug-likeness (QED) is 0.122. The van der Waals surface area contributed by atoms with Crippen molar-refractivity contribution in [3.05, 3.63) is 131 Å². The van der Waals surface area contributed by atoms with E-state index in [0.717, 1.165) is 58.7 Å². The molecule has 0 fully saturated rings. The van der Waals surface area contributed by atoms with Gasteiger partial charge in [-0.1, -0.05) is 51.4 Å².